The number of hydrogen-bond acceptors (Lipinski definition) is 1. The molecule has 0 radical (unpaired) electrons. The molecule has 17 heavy (non-hydrogen) atoms. The van der Waals surface area contributed by atoms with Crippen molar-refractivity contribution in [2.45, 2.75) is 19.0 Å². The number of benzene rings is 1. The first kappa shape index (κ1) is 14.6. The maximum Gasteiger partial charge on any atom is 0.389 e. The molecule has 0 aliphatic carbocycles. The van der Waals surface area contributed by atoms with Crippen LogP contribution in [0.2, 0.25) is 5.02 Å². The summed E-state index contributed by atoms with van der Waals surface area (Å²) in [6.45, 7) is 0.115. The zero-order valence-corrected chi connectivity index (χ0v) is 10.9. The Morgan fingerprint density at radius 2 is 1.94 bits per heavy atom. The van der Waals surface area contributed by atoms with Crippen LogP contribution in [-0.2, 0) is 0 Å². The van der Waals surface area contributed by atoms with Gasteiger partial charge in [-0.3, -0.25) is 0 Å². The van der Waals surface area contributed by atoms with Gasteiger partial charge in [-0.15, -0.1) is 0 Å². The van der Waals surface area contributed by atoms with E-state index in [9.17, 15) is 17.6 Å². The maximum atomic E-state index is 12.9. The van der Waals surface area contributed by atoms with Gasteiger partial charge in [0.2, 0.25) is 0 Å². The standard InChI is InChI=1S/C10H9BrClF4N/c11-7-4-6(13)5-8(12)9(7)17-3-1-2-10(14,15)16/h4-5,17H,1-3H2. The Morgan fingerprint density at radius 3 is 2.47 bits per heavy atom. The van der Waals surface area contributed by atoms with Crippen LogP contribution in [0.1, 0.15) is 12.8 Å². The first-order valence-corrected chi connectivity index (χ1v) is 5.92. The molecule has 0 atom stereocenters. The molecule has 0 spiro atoms. The van der Waals surface area contributed by atoms with E-state index in [-0.39, 0.29) is 18.0 Å². The van der Waals surface area contributed by atoms with Gasteiger partial charge in [-0.1, -0.05) is 11.6 Å². The molecule has 96 valence electrons. The van der Waals surface area contributed by atoms with Crippen LogP contribution >= 0.6 is 27.5 Å². The first-order valence-electron chi connectivity index (χ1n) is 4.75. The number of halogens is 6. The Balaban J connectivity index is 2.53. The highest BCUT2D eigenvalue weighted by molar-refractivity contribution is 9.10. The van der Waals surface area contributed by atoms with Crippen LogP contribution in [0.5, 0.6) is 0 Å². The molecule has 7 heteroatoms. The minimum Gasteiger partial charge on any atom is -0.383 e. The molecule has 0 saturated carbocycles. The van der Waals surface area contributed by atoms with E-state index >= 15 is 0 Å². The van der Waals surface area contributed by atoms with Crippen LogP contribution in [0.3, 0.4) is 0 Å². The van der Waals surface area contributed by atoms with Crippen molar-refractivity contribution in [2.75, 3.05) is 11.9 Å². The SMILES string of the molecule is Fc1cc(Cl)c(NCCCC(F)(F)F)c(Br)c1. The van der Waals surface area contributed by atoms with Crippen molar-refractivity contribution in [1.29, 1.82) is 0 Å². The van der Waals surface area contributed by atoms with Crippen molar-refractivity contribution in [3.63, 3.8) is 0 Å². The quantitative estimate of drug-likeness (QED) is 0.604. The largest absolute Gasteiger partial charge is 0.389 e. The predicted octanol–water partition coefficient (Wildman–Crippen LogP) is 5.00. The third-order valence-electron chi connectivity index (χ3n) is 1.95. The number of hydrogen-bond donors (Lipinski definition) is 1. The molecular formula is C10H9BrClF4N. The fraction of sp³-hybridized carbons (Fsp3) is 0.400. The molecule has 0 amide bonds. The molecule has 0 fully saturated rings. The summed E-state index contributed by atoms with van der Waals surface area (Å²) in [4.78, 5) is 0. The average Bonchev–Trinajstić information content (AvgIpc) is 2.13. The number of alkyl halides is 3. The molecule has 0 aromatic heterocycles. The highest BCUT2D eigenvalue weighted by atomic mass is 79.9. The van der Waals surface area contributed by atoms with Gasteiger partial charge >= 0.3 is 6.18 Å². The lowest BCUT2D eigenvalue weighted by molar-refractivity contribution is -0.134. The molecular weight excluding hydrogens is 325 g/mol. The van der Waals surface area contributed by atoms with Crippen molar-refractivity contribution in [3.8, 4) is 0 Å². The van der Waals surface area contributed by atoms with E-state index in [1.54, 1.807) is 0 Å². The second-order valence-corrected chi connectivity index (χ2v) is 4.65. The molecule has 0 unspecified atom stereocenters. The van der Waals surface area contributed by atoms with Crippen LogP contribution in [0.4, 0.5) is 23.2 Å². The second kappa shape index (κ2) is 5.91. The molecule has 1 N–H and O–H groups in total. The summed E-state index contributed by atoms with van der Waals surface area (Å²) >= 11 is 8.83. The predicted molar refractivity (Wildman–Crippen MR) is 62.9 cm³/mol. The van der Waals surface area contributed by atoms with E-state index in [4.69, 9.17) is 11.6 Å². The molecule has 0 bridgehead atoms. The molecule has 0 aliphatic rings. The smallest absolute Gasteiger partial charge is 0.383 e. The van der Waals surface area contributed by atoms with E-state index in [1.807, 2.05) is 0 Å². The highest BCUT2D eigenvalue weighted by Crippen LogP contribution is 2.31. The first-order chi connectivity index (χ1) is 7.79. The van der Waals surface area contributed by atoms with Gasteiger partial charge in [-0.2, -0.15) is 13.2 Å². The van der Waals surface area contributed by atoms with Gasteiger partial charge in [-0.25, -0.2) is 4.39 Å². The minimum atomic E-state index is -4.16. The maximum absolute atomic E-state index is 12.9. The van der Waals surface area contributed by atoms with Crippen molar-refractivity contribution < 1.29 is 17.6 Å². The Bertz CT molecular complexity index is 371. The van der Waals surface area contributed by atoms with Gasteiger partial charge in [-0.05, 0) is 34.5 Å². The zero-order chi connectivity index (χ0) is 13.1. The number of nitrogens with one attached hydrogen (secondary N) is 1. The van der Waals surface area contributed by atoms with Gasteiger partial charge in [0.1, 0.15) is 5.82 Å². The van der Waals surface area contributed by atoms with Crippen LogP contribution in [0.25, 0.3) is 0 Å². The van der Waals surface area contributed by atoms with Crippen LogP contribution in [0.15, 0.2) is 16.6 Å². The summed E-state index contributed by atoms with van der Waals surface area (Å²) < 4.78 is 48.9. The van der Waals surface area contributed by atoms with Gasteiger partial charge in [0, 0.05) is 17.4 Å². The van der Waals surface area contributed by atoms with E-state index in [2.05, 4.69) is 21.2 Å². The molecule has 1 aromatic carbocycles. The van der Waals surface area contributed by atoms with Crippen molar-refractivity contribution in [1.82, 2.24) is 0 Å². The Morgan fingerprint density at radius 1 is 1.29 bits per heavy atom. The van der Waals surface area contributed by atoms with E-state index in [0.29, 0.717) is 10.2 Å². The van der Waals surface area contributed by atoms with Gasteiger partial charge < -0.3 is 5.32 Å². The summed E-state index contributed by atoms with van der Waals surface area (Å²) in [7, 11) is 0. The molecule has 1 nitrogen and oxygen atoms in total. The summed E-state index contributed by atoms with van der Waals surface area (Å²) in [5, 5.41) is 2.86. The lowest BCUT2D eigenvalue weighted by atomic mass is 10.2. The monoisotopic (exact) mass is 333 g/mol. The van der Waals surface area contributed by atoms with E-state index < -0.39 is 18.4 Å². The van der Waals surface area contributed by atoms with Gasteiger partial charge in [0.15, 0.2) is 0 Å². The van der Waals surface area contributed by atoms with Crippen LogP contribution in [0, 0.1) is 5.82 Å². The Kier molecular flexibility index (Phi) is 5.06. The number of rotatable bonds is 4. The third-order valence-corrected chi connectivity index (χ3v) is 2.87. The fourth-order valence-electron chi connectivity index (χ4n) is 1.21. The normalized spacial score (nSPS) is 11.6. The average molecular weight is 335 g/mol. The molecule has 0 aliphatic heterocycles. The van der Waals surface area contributed by atoms with E-state index in [0.717, 1.165) is 6.07 Å². The van der Waals surface area contributed by atoms with Crippen LogP contribution < -0.4 is 5.32 Å². The summed E-state index contributed by atoms with van der Waals surface area (Å²) in [5.41, 5.74) is 0.398. The molecule has 1 rings (SSSR count). The summed E-state index contributed by atoms with van der Waals surface area (Å²) in [6.07, 6.45) is -5.09. The molecule has 0 saturated heterocycles. The third kappa shape index (κ3) is 5.12. The second-order valence-electron chi connectivity index (χ2n) is 3.39. The van der Waals surface area contributed by atoms with Crippen LogP contribution in [-0.4, -0.2) is 12.7 Å². The lowest BCUT2D eigenvalue weighted by Gasteiger charge is -2.11. The zero-order valence-electron chi connectivity index (χ0n) is 8.54. The van der Waals surface area contributed by atoms with Gasteiger partial charge in [0.05, 0.1) is 10.7 Å². The molecule has 0 heterocycles. The molecule has 1 aromatic rings. The summed E-state index contributed by atoms with van der Waals surface area (Å²) in [6, 6.07) is 2.29. The Hall–Kier alpha value is -0.490. The number of anilines is 1. The summed E-state index contributed by atoms with van der Waals surface area (Å²) in [5.74, 6) is -0.511. The van der Waals surface area contributed by atoms with Crippen molar-refractivity contribution in [3.05, 3.63) is 27.4 Å². The fourth-order valence-corrected chi connectivity index (χ4v) is 2.17. The van der Waals surface area contributed by atoms with Crippen molar-refractivity contribution in [2.24, 2.45) is 0 Å². The lowest BCUT2D eigenvalue weighted by Crippen LogP contribution is -2.11. The highest BCUT2D eigenvalue weighted by Gasteiger charge is 2.25. The van der Waals surface area contributed by atoms with Gasteiger partial charge in [0.25, 0.3) is 0 Å². The minimum absolute atomic E-state index is 0.0658. The van der Waals surface area contributed by atoms with E-state index in [1.165, 1.54) is 6.07 Å². The van der Waals surface area contributed by atoms with Crippen molar-refractivity contribution >= 4 is 33.2 Å². The topological polar surface area (TPSA) is 12.0 Å². The Labute approximate surface area is 109 Å².